The molecule has 0 unspecified atom stereocenters. The molecule has 0 heterocycles. The van der Waals surface area contributed by atoms with E-state index in [0.717, 1.165) is 6.42 Å². The van der Waals surface area contributed by atoms with Crippen LogP contribution < -0.4 is 4.90 Å². The third-order valence-electron chi connectivity index (χ3n) is 14.5. The molecule has 0 spiro atoms. The Morgan fingerprint density at radius 2 is 1.10 bits per heavy atom. The maximum Gasteiger partial charge on any atom is 0.0546 e. The van der Waals surface area contributed by atoms with Crippen LogP contribution in [0.1, 0.15) is 71.7 Å². The Bertz CT molecular complexity index is 3500. The average Bonchev–Trinajstić information content (AvgIpc) is 3.52. The molecule has 0 saturated carbocycles. The average molecular weight is 812 g/mol. The Labute approximate surface area is 372 Å². The van der Waals surface area contributed by atoms with Gasteiger partial charge in [-0.05, 0) is 194 Å². The summed E-state index contributed by atoms with van der Waals surface area (Å²) in [4.78, 5) is 2.56. The van der Waals surface area contributed by atoms with Crippen LogP contribution in [-0.2, 0) is 5.41 Å². The zero-order chi connectivity index (χ0) is 43.3. The van der Waals surface area contributed by atoms with Crippen LogP contribution in [0.5, 0.6) is 0 Å². The van der Waals surface area contributed by atoms with Gasteiger partial charge in [0.25, 0.3) is 0 Å². The van der Waals surface area contributed by atoms with Crippen LogP contribution >= 0.6 is 0 Å². The molecule has 0 N–H and O–H groups in total. The molecule has 0 aromatic heterocycles. The molecule has 10 aromatic carbocycles. The number of hydrogen-bond acceptors (Lipinski definition) is 1. The van der Waals surface area contributed by atoms with Crippen LogP contribution in [0, 0.1) is 34.6 Å². The van der Waals surface area contributed by atoms with Gasteiger partial charge >= 0.3 is 0 Å². The number of anilines is 3. The predicted molar refractivity (Wildman–Crippen MR) is 274 cm³/mol. The molecule has 0 atom stereocenters. The van der Waals surface area contributed by atoms with Crippen molar-refractivity contribution in [2.45, 2.75) is 67.2 Å². The number of rotatable bonds is 7. The van der Waals surface area contributed by atoms with Crippen LogP contribution in [0.15, 0.2) is 158 Å². The number of hydrogen-bond donors (Lipinski definition) is 0. The second-order valence-electron chi connectivity index (χ2n) is 18.6. The molecular weight excluding hydrogens is 759 g/mol. The number of benzene rings is 10. The number of allylic oxidation sites excluding steroid dienone is 1. The smallest absolute Gasteiger partial charge is 0.0546 e. The van der Waals surface area contributed by atoms with E-state index in [2.05, 4.69) is 224 Å². The van der Waals surface area contributed by atoms with Gasteiger partial charge in [0.05, 0.1) is 5.69 Å². The van der Waals surface area contributed by atoms with E-state index in [9.17, 15) is 0 Å². The van der Waals surface area contributed by atoms with Gasteiger partial charge < -0.3 is 4.90 Å². The minimum atomic E-state index is -0.137. The summed E-state index contributed by atoms with van der Waals surface area (Å²) >= 11 is 0. The number of nitrogens with zero attached hydrogens (tertiary/aromatic N) is 1. The van der Waals surface area contributed by atoms with Crippen LogP contribution in [0.4, 0.5) is 17.1 Å². The fraction of sp³-hybridized carbons (Fsp3) is 0.161. The van der Waals surface area contributed by atoms with Gasteiger partial charge in [-0.3, -0.25) is 0 Å². The third kappa shape index (κ3) is 6.05. The van der Waals surface area contributed by atoms with E-state index in [0.29, 0.717) is 0 Å². The van der Waals surface area contributed by atoms with Crippen molar-refractivity contribution in [3.63, 3.8) is 0 Å². The van der Waals surface area contributed by atoms with Crippen molar-refractivity contribution >= 4 is 66.2 Å². The molecule has 0 saturated heterocycles. The number of aryl methyl sites for hydroxylation is 4. The maximum absolute atomic E-state index is 2.56. The van der Waals surface area contributed by atoms with Crippen LogP contribution in [0.25, 0.3) is 82.5 Å². The van der Waals surface area contributed by atoms with Crippen LogP contribution in [0.3, 0.4) is 0 Å². The van der Waals surface area contributed by atoms with Gasteiger partial charge in [0, 0.05) is 27.6 Å². The normalized spacial score (nSPS) is 13.2. The molecule has 63 heavy (non-hydrogen) atoms. The monoisotopic (exact) mass is 811 g/mol. The van der Waals surface area contributed by atoms with Gasteiger partial charge in [0.1, 0.15) is 0 Å². The van der Waals surface area contributed by atoms with Gasteiger partial charge in [-0.25, -0.2) is 0 Å². The molecule has 10 aromatic rings. The Hall–Kier alpha value is -6.96. The standard InChI is InChI=1S/C62H53N/c1-9-10-15-43-33-45(21-20-37(43)2)55-32-40(5)49-26-27-53-56(46-23-22-42-16-11-12-17-44(42)34-46)36-59(54-29-28-52(55)60(49)61(53)54)63(48-30-38(3)41(6)39(4)31-48)47-24-25-51-50-18-13-14-19-57(50)62(7,8)58(51)35-47/h10-36H,9H2,1-8H3/b15-10-. The van der Waals surface area contributed by atoms with Gasteiger partial charge in [0.2, 0.25) is 0 Å². The molecule has 1 aliphatic rings. The summed E-state index contributed by atoms with van der Waals surface area (Å²) in [5.74, 6) is 0. The Morgan fingerprint density at radius 3 is 1.87 bits per heavy atom. The first-order valence-corrected chi connectivity index (χ1v) is 22.7. The van der Waals surface area contributed by atoms with Crippen molar-refractivity contribution < 1.29 is 0 Å². The summed E-state index contributed by atoms with van der Waals surface area (Å²) in [6, 6.07) is 58.2. The van der Waals surface area contributed by atoms with Crippen molar-refractivity contribution in [1.82, 2.24) is 0 Å². The Morgan fingerprint density at radius 1 is 0.460 bits per heavy atom. The van der Waals surface area contributed by atoms with Crippen molar-refractivity contribution in [1.29, 1.82) is 0 Å². The molecule has 1 nitrogen and oxygen atoms in total. The van der Waals surface area contributed by atoms with E-state index in [1.54, 1.807) is 0 Å². The largest absolute Gasteiger partial charge is 0.310 e. The highest BCUT2D eigenvalue weighted by atomic mass is 15.1. The van der Waals surface area contributed by atoms with E-state index in [1.165, 1.54) is 138 Å². The van der Waals surface area contributed by atoms with Gasteiger partial charge in [0.15, 0.2) is 0 Å². The second kappa shape index (κ2) is 14.6. The topological polar surface area (TPSA) is 3.24 Å². The molecule has 0 aliphatic heterocycles. The first kappa shape index (κ1) is 38.9. The fourth-order valence-corrected chi connectivity index (χ4v) is 10.8. The molecule has 0 bridgehead atoms. The first-order valence-electron chi connectivity index (χ1n) is 22.7. The lowest BCUT2D eigenvalue weighted by atomic mass is 9.82. The Kier molecular flexibility index (Phi) is 9.00. The second-order valence-corrected chi connectivity index (χ2v) is 18.6. The SMILES string of the molecule is CC/C=C\c1cc(-c2cc(C)c3ccc4c(-c5ccc6ccccc6c5)cc(N(c5cc(C)c(C)c(C)c5)c5ccc6c(c5)C(C)(C)c5ccccc5-6)c5ccc2c3c45)ccc1C. The van der Waals surface area contributed by atoms with Gasteiger partial charge in [-0.15, -0.1) is 0 Å². The highest BCUT2D eigenvalue weighted by molar-refractivity contribution is 6.31. The van der Waals surface area contributed by atoms with Crippen LogP contribution in [-0.4, -0.2) is 0 Å². The van der Waals surface area contributed by atoms with E-state index >= 15 is 0 Å². The third-order valence-corrected chi connectivity index (χ3v) is 14.5. The quantitative estimate of drug-likeness (QED) is 0.145. The fourth-order valence-electron chi connectivity index (χ4n) is 10.8. The molecule has 1 heteroatoms. The van der Waals surface area contributed by atoms with Gasteiger partial charge in [-0.2, -0.15) is 0 Å². The summed E-state index contributed by atoms with van der Waals surface area (Å²) in [5.41, 5.74) is 21.6. The lowest BCUT2D eigenvalue weighted by molar-refractivity contribution is 0.660. The zero-order valence-corrected chi connectivity index (χ0v) is 37.7. The maximum atomic E-state index is 2.56. The molecule has 0 amide bonds. The molecule has 306 valence electrons. The first-order chi connectivity index (χ1) is 30.5. The lowest BCUT2D eigenvalue weighted by Crippen LogP contribution is -2.17. The summed E-state index contributed by atoms with van der Waals surface area (Å²) in [7, 11) is 0. The highest BCUT2D eigenvalue weighted by Gasteiger charge is 2.36. The van der Waals surface area contributed by atoms with Crippen molar-refractivity contribution in [3.05, 3.63) is 202 Å². The summed E-state index contributed by atoms with van der Waals surface area (Å²) in [6.07, 6.45) is 5.56. The van der Waals surface area contributed by atoms with Gasteiger partial charge in [-0.1, -0.05) is 142 Å². The molecule has 1 aliphatic carbocycles. The summed E-state index contributed by atoms with van der Waals surface area (Å²) in [6.45, 7) is 18.3. The van der Waals surface area contributed by atoms with Crippen LogP contribution in [0.2, 0.25) is 0 Å². The molecular formula is C62H53N. The summed E-state index contributed by atoms with van der Waals surface area (Å²) in [5, 5.41) is 10.3. The predicted octanol–water partition coefficient (Wildman–Crippen LogP) is 17.8. The van der Waals surface area contributed by atoms with E-state index in [1.807, 2.05) is 0 Å². The van der Waals surface area contributed by atoms with Crippen molar-refractivity contribution in [2.24, 2.45) is 0 Å². The molecule has 11 rings (SSSR count). The van der Waals surface area contributed by atoms with E-state index < -0.39 is 0 Å². The van der Waals surface area contributed by atoms with Crippen molar-refractivity contribution in [2.75, 3.05) is 4.90 Å². The number of fused-ring (bicyclic) bond motifs is 4. The zero-order valence-electron chi connectivity index (χ0n) is 37.7. The minimum absolute atomic E-state index is 0.137. The highest BCUT2D eigenvalue weighted by Crippen LogP contribution is 2.53. The van der Waals surface area contributed by atoms with Crippen molar-refractivity contribution in [3.8, 4) is 33.4 Å². The molecule has 0 fully saturated rings. The van der Waals surface area contributed by atoms with E-state index in [-0.39, 0.29) is 5.41 Å². The van der Waals surface area contributed by atoms with E-state index in [4.69, 9.17) is 0 Å². The molecule has 0 radical (unpaired) electrons. The Balaban J connectivity index is 1.26. The minimum Gasteiger partial charge on any atom is -0.310 e. The summed E-state index contributed by atoms with van der Waals surface area (Å²) < 4.78 is 0. The lowest BCUT2D eigenvalue weighted by Gasteiger charge is -2.31.